The van der Waals surface area contributed by atoms with Gasteiger partial charge in [-0.05, 0) is 43.3 Å². The highest BCUT2D eigenvalue weighted by molar-refractivity contribution is 7.89. The Labute approximate surface area is 190 Å². The van der Waals surface area contributed by atoms with Gasteiger partial charge >= 0.3 is 0 Å². The number of aromatic nitrogens is 1. The summed E-state index contributed by atoms with van der Waals surface area (Å²) < 4.78 is 27.4. The van der Waals surface area contributed by atoms with E-state index in [0.29, 0.717) is 18.7 Å². The van der Waals surface area contributed by atoms with E-state index in [0.717, 1.165) is 58.1 Å². The van der Waals surface area contributed by atoms with Gasteiger partial charge in [-0.25, -0.2) is 13.4 Å². The second-order valence-electron chi connectivity index (χ2n) is 8.48. The molecular formula is C23H30N6O2S. The predicted octanol–water partition coefficient (Wildman–Crippen LogP) is 1.60. The standard InChI is InChI=1S/C23H30N6O2S/c1-26-11-15-29(16-12-26)32(30,31)22-7-8-23(25-18-22)28-10-2-9-27(13-14-28)19-21-5-3-20(17-24)4-6-21/h3-8,18H,2,9-16,19H2,1H3. The summed E-state index contributed by atoms with van der Waals surface area (Å²) in [6.07, 6.45) is 2.52. The average Bonchev–Trinajstić information content (AvgIpc) is 3.05. The number of piperazine rings is 1. The molecule has 2 saturated heterocycles. The minimum Gasteiger partial charge on any atom is -0.355 e. The maximum atomic E-state index is 12.9. The Morgan fingerprint density at radius 3 is 2.34 bits per heavy atom. The second kappa shape index (κ2) is 9.96. The van der Waals surface area contributed by atoms with Crippen LogP contribution in [0.15, 0.2) is 47.5 Å². The van der Waals surface area contributed by atoms with Crippen molar-refractivity contribution in [3.8, 4) is 6.07 Å². The highest BCUT2D eigenvalue weighted by atomic mass is 32.2. The van der Waals surface area contributed by atoms with Crippen LogP contribution in [0.2, 0.25) is 0 Å². The third-order valence-electron chi connectivity index (χ3n) is 6.22. The number of likely N-dealkylation sites (N-methyl/N-ethyl adjacent to an activating group) is 1. The highest BCUT2D eigenvalue weighted by Gasteiger charge is 2.28. The van der Waals surface area contributed by atoms with Crippen LogP contribution in [-0.4, -0.2) is 86.9 Å². The minimum atomic E-state index is -3.49. The van der Waals surface area contributed by atoms with Crippen molar-refractivity contribution in [2.75, 3.05) is 64.3 Å². The molecule has 2 aliphatic heterocycles. The van der Waals surface area contributed by atoms with E-state index < -0.39 is 10.0 Å². The molecule has 1 aromatic heterocycles. The molecule has 0 aliphatic carbocycles. The smallest absolute Gasteiger partial charge is 0.244 e. The second-order valence-corrected chi connectivity index (χ2v) is 10.4. The van der Waals surface area contributed by atoms with Crippen molar-refractivity contribution in [3.05, 3.63) is 53.7 Å². The van der Waals surface area contributed by atoms with Gasteiger partial charge in [-0.3, -0.25) is 4.90 Å². The van der Waals surface area contributed by atoms with Crippen LogP contribution < -0.4 is 4.90 Å². The lowest BCUT2D eigenvalue weighted by molar-refractivity contribution is 0.222. The Balaban J connectivity index is 1.36. The van der Waals surface area contributed by atoms with E-state index in [1.165, 1.54) is 11.8 Å². The van der Waals surface area contributed by atoms with Crippen LogP contribution in [-0.2, 0) is 16.6 Å². The fraction of sp³-hybridized carbons (Fsp3) is 0.478. The summed E-state index contributed by atoms with van der Waals surface area (Å²) >= 11 is 0. The molecule has 1 aromatic carbocycles. The van der Waals surface area contributed by atoms with Crippen LogP contribution in [0.4, 0.5) is 5.82 Å². The van der Waals surface area contributed by atoms with Crippen molar-refractivity contribution in [2.45, 2.75) is 17.9 Å². The van der Waals surface area contributed by atoms with Gasteiger partial charge in [-0.2, -0.15) is 9.57 Å². The molecule has 3 heterocycles. The third-order valence-corrected chi connectivity index (χ3v) is 8.10. The van der Waals surface area contributed by atoms with Crippen molar-refractivity contribution in [1.29, 1.82) is 5.26 Å². The molecule has 170 valence electrons. The Morgan fingerprint density at radius 2 is 1.69 bits per heavy atom. The van der Waals surface area contributed by atoms with E-state index in [-0.39, 0.29) is 4.90 Å². The minimum absolute atomic E-state index is 0.267. The molecular weight excluding hydrogens is 424 g/mol. The normalized spacial score (nSPS) is 19.4. The summed E-state index contributed by atoms with van der Waals surface area (Å²) in [6.45, 7) is 7.01. The van der Waals surface area contributed by atoms with Crippen LogP contribution in [0, 0.1) is 11.3 Å². The molecule has 0 radical (unpaired) electrons. The summed E-state index contributed by atoms with van der Waals surface area (Å²) in [4.78, 5) is 11.5. The Bertz CT molecular complexity index is 1040. The number of pyridine rings is 1. The van der Waals surface area contributed by atoms with Gasteiger partial charge in [-0.1, -0.05) is 12.1 Å². The number of nitriles is 1. The Kier molecular flexibility index (Phi) is 7.06. The predicted molar refractivity (Wildman–Crippen MR) is 124 cm³/mol. The molecule has 9 heteroatoms. The van der Waals surface area contributed by atoms with Crippen LogP contribution >= 0.6 is 0 Å². The molecule has 0 N–H and O–H groups in total. The maximum Gasteiger partial charge on any atom is 0.244 e. The molecule has 0 atom stereocenters. The van der Waals surface area contributed by atoms with Crippen molar-refractivity contribution >= 4 is 15.8 Å². The lowest BCUT2D eigenvalue weighted by atomic mass is 10.1. The first-order valence-corrected chi connectivity index (χ1v) is 12.5. The van der Waals surface area contributed by atoms with E-state index in [9.17, 15) is 8.42 Å². The molecule has 0 bridgehead atoms. The monoisotopic (exact) mass is 454 g/mol. The number of benzene rings is 1. The van der Waals surface area contributed by atoms with Gasteiger partial charge in [0.25, 0.3) is 0 Å². The first kappa shape index (κ1) is 22.7. The summed E-state index contributed by atoms with van der Waals surface area (Å²) in [5, 5.41) is 8.95. The topological polar surface area (TPSA) is 83.8 Å². The van der Waals surface area contributed by atoms with E-state index in [2.05, 4.69) is 25.8 Å². The SMILES string of the molecule is CN1CCN(S(=O)(=O)c2ccc(N3CCCN(Cc4ccc(C#N)cc4)CC3)nc2)CC1. The summed E-state index contributed by atoms with van der Waals surface area (Å²) in [7, 11) is -1.48. The van der Waals surface area contributed by atoms with Crippen LogP contribution in [0.25, 0.3) is 0 Å². The fourth-order valence-electron chi connectivity index (χ4n) is 4.19. The number of hydrogen-bond acceptors (Lipinski definition) is 7. The highest BCUT2D eigenvalue weighted by Crippen LogP contribution is 2.21. The zero-order valence-corrected chi connectivity index (χ0v) is 19.3. The Morgan fingerprint density at radius 1 is 0.938 bits per heavy atom. The maximum absolute atomic E-state index is 12.9. The molecule has 0 amide bonds. The van der Waals surface area contributed by atoms with Crippen molar-refractivity contribution in [3.63, 3.8) is 0 Å². The van der Waals surface area contributed by atoms with Gasteiger partial charge in [0.15, 0.2) is 0 Å². The molecule has 0 saturated carbocycles. The largest absolute Gasteiger partial charge is 0.355 e. The molecule has 2 fully saturated rings. The van der Waals surface area contributed by atoms with Gasteiger partial charge in [0.05, 0.1) is 11.6 Å². The molecule has 8 nitrogen and oxygen atoms in total. The van der Waals surface area contributed by atoms with Gasteiger partial charge in [0, 0.05) is 65.1 Å². The number of hydrogen-bond donors (Lipinski definition) is 0. The molecule has 0 spiro atoms. The summed E-state index contributed by atoms with van der Waals surface area (Å²) in [5.41, 5.74) is 1.88. The first-order valence-electron chi connectivity index (χ1n) is 11.1. The average molecular weight is 455 g/mol. The fourth-order valence-corrected chi connectivity index (χ4v) is 5.56. The van der Waals surface area contributed by atoms with E-state index in [1.54, 1.807) is 10.4 Å². The van der Waals surface area contributed by atoms with Gasteiger partial charge in [0.1, 0.15) is 10.7 Å². The van der Waals surface area contributed by atoms with E-state index in [1.807, 2.05) is 37.4 Å². The molecule has 4 rings (SSSR count). The van der Waals surface area contributed by atoms with Crippen LogP contribution in [0.3, 0.4) is 0 Å². The van der Waals surface area contributed by atoms with E-state index in [4.69, 9.17) is 5.26 Å². The zero-order chi connectivity index (χ0) is 22.6. The molecule has 0 unspecified atom stereocenters. The van der Waals surface area contributed by atoms with Crippen molar-refractivity contribution < 1.29 is 8.42 Å². The first-order chi connectivity index (χ1) is 15.5. The van der Waals surface area contributed by atoms with Gasteiger partial charge < -0.3 is 9.80 Å². The molecule has 2 aliphatic rings. The van der Waals surface area contributed by atoms with Crippen LogP contribution in [0.5, 0.6) is 0 Å². The number of rotatable bonds is 5. The van der Waals surface area contributed by atoms with Gasteiger partial charge in [0.2, 0.25) is 10.0 Å². The molecule has 32 heavy (non-hydrogen) atoms. The van der Waals surface area contributed by atoms with E-state index >= 15 is 0 Å². The lowest BCUT2D eigenvalue weighted by Crippen LogP contribution is -2.47. The number of nitrogens with zero attached hydrogens (tertiary/aromatic N) is 6. The Hall–Kier alpha value is -2.51. The quantitative estimate of drug-likeness (QED) is 0.679. The summed E-state index contributed by atoms with van der Waals surface area (Å²) in [6, 6.07) is 13.4. The zero-order valence-electron chi connectivity index (χ0n) is 18.5. The lowest BCUT2D eigenvalue weighted by Gasteiger charge is -2.31. The number of anilines is 1. The third kappa shape index (κ3) is 5.27. The van der Waals surface area contributed by atoms with Crippen molar-refractivity contribution in [1.82, 2.24) is 19.1 Å². The van der Waals surface area contributed by atoms with Gasteiger partial charge in [-0.15, -0.1) is 0 Å². The number of sulfonamides is 1. The summed E-state index contributed by atoms with van der Waals surface area (Å²) in [5.74, 6) is 0.822. The molecule has 2 aromatic rings. The van der Waals surface area contributed by atoms with Crippen LogP contribution in [0.1, 0.15) is 17.5 Å². The van der Waals surface area contributed by atoms with Crippen molar-refractivity contribution in [2.24, 2.45) is 0 Å².